The van der Waals surface area contributed by atoms with Crippen LogP contribution in [0.4, 0.5) is 17.1 Å². The average molecular weight is 876 g/mol. The molecule has 0 spiro atoms. The van der Waals surface area contributed by atoms with Crippen LogP contribution in [0.25, 0.3) is 109 Å². The molecule has 13 aromatic rings. The van der Waals surface area contributed by atoms with Crippen molar-refractivity contribution in [1.29, 1.82) is 0 Å². The van der Waals surface area contributed by atoms with Gasteiger partial charge in [0.15, 0.2) is 0 Å². The first-order valence-electron chi connectivity index (χ1n) is 23.8. The second-order valence-electron chi connectivity index (χ2n) is 18.0. The van der Waals surface area contributed by atoms with E-state index in [2.05, 4.69) is 278 Å². The van der Waals surface area contributed by atoms with E-state index in [9.17, 15) is 0 Å². The van der Waals surface area contributed by atoms with Crippen molar-refractivity contribution in [2.75, 3.05) is 4.90 Å². The van der Waals surface area contributed by atoms with Crippen LogP contribution in [0.1, 0.15) is 0 Å². The van der Waals surface area contributed by atoms with Gasteiger partial charge in [0.2, 0.25) is 0 Å². The molecule has 0 radical (unpaired) electrons. The quantitative estimate of drug-likeness (QED) is 0.138. The second kappa shape index (κ2) is 17.0. The van der Waals surface area contributed by atoms with E-state index in [1.807, 2.05) is 0 Å². The highest BCUT2D eigenvalue weighted by molar-refractivity contribution is 6.22. The maximum atomic E-state index is 2.41. The van der Waals surface area contributed by atoms with Crippen LogP contribution in [0.15, 0.2) is 273 Å². The number of nitrogens with zero attached hydrogens (tertiary/aromatic N) is 1. The van der Waals surface area contributed by atoms with Crippen molar-refractivity contribution in [2.45, 2.75) is 0 Å². The Morgan fingerprint density at radius 2 is 0.609 bits per heavy atom. The van der Waals surface area contributed by atoms with Gasteiger partial charge in [0, 0.05) is 17.1 Å². The highest BCUT2D eigenvalue weighted by Crippen LogP contribution is 2.46. The van der Waals surface area contributed by atoms with Crippen molar-refractivity contribution >= 4 is 70.9 Å². The molecular weight excluding hydrogens is 831 g/mol. The molecule has 0 bridgehead atoms. The van der Waals surface area contributed by atoms with Crippen LogP contribution in [0.3, 0.4) is 0 Å². The summed E-state index contributed by atoms with van der Waals surface area (Å²) in [6.07, 6.45) is 0. The number of benzene rings is 13. The molecular formula is C68H45N. The molecule has 69 heavy (non-hydrogen) atoms. The van der Waals surface area contributed by atoms with E-state index in [1.54, 1.807) is 0 Å². The van der Waals surface area contributed by atoms with Crippen LogP contribution < -0.4 is 4.90 Å². The van der Waals surface area contributed by atoms with Gasteiger partial charge < -0.3 is 4.90 Å². The molecule has 0 N–H and O–H groups in total. The minimum absolute atomic E-state index is 1.09. The first-order chi connectivity index (χ1) is 34.2. The normalized spacial score (nSPS) is 11.5. The summed E-state index contributed by atoms with van der Waals surface area (Å²) in [4.78, 5) is 2.39. The maximum Gasteiger partial charge on any atom is 0.0468 e. The number of fused-ring (bicyclic) bond motifs is 7. The van der Waals surface area contributed by atoms with Gasteiger partial charge in [0.05, 0.1) is 0 Å². The van der Waals surface area contributed by atoms with Crippen molar-refractivity contribution in [3.05, 3.63) is 273 Å². The van der Waals surface area contributed by atoms with Gasteiger partial charge in [0.1, 0.15) is 0 Å². The predicted octanol–water partition coefficient (Wildman–Crippen LogP) is 19.3. The zero-order valence-corrected chi connectivity index (χ0v) is 37.9. The Bertz CT molecular complexity index is 4020. The first-order valence-corrected chi connectivity index (χ1v) is 23.8. The zero-order valence-electron chi connectivity index (χ0n) is 37.9. The SMILES string of the molecule is c1ccc(-c2c(-c3ccccc3)c3cc(-c4ccc(N(c5ccc(-c6ccc(-c7cccc8ccccc78)cc6)cc5)c5ccc6c(ccc7ccccc76)c5)cc4)ccc3c3ccccc23)cc1. The Kier molecular flexibility index (Phi) is 9.91. The van der Waals surface area contributed by atoms with Crippen molar-refractivity contribution in [3.63, 3.8) is 0 Å². The molecule has 0 atom stereocenters. The lowest BCUT2D eigenvalue weighted by atomic mass is 9.84. The molecule has 13 aromatic carbocycles. The maximum absolute atomic E-state index is 2.41. The third-order valence-corrected chi connectivity index (χ3v) is 14.0. The van der Waals surface area contributed by atoms with Crippen LogP contribution in [0.5, 0.6) is 0 Å². The fraction of sp³-hybridized carbons (Fsp3) is 0. The second-order valence-corrected chi connectivity index (χ2v) is 18.0. The van der Waals surface area contributed by atoms with Crippen LogP contribution in [-0.4, -0.2) is 0 Å². The Hall–Kier alpha value is -9.04. The van der Waals surface area contributed by atoms with Gasteiger partial charge in [-0.05, 0) is 152 Å². The monoisotopic (exact) mass is 875 g/mol. The van der Waals surface area contributed by atoms with Crippen LogP contribution >= 0.6 is 0 Å². The zero-order chi connectivity index (χ0) is 45.7. The van der Waals surface area contributed by atoms with Crippen LogP contribution in [0, 0.1) is 0 Å². The summed E-state index contributed by atoms with van der Waals surface area (Å²) < 4.78 is 0. The lowest BCUT2D eigenvalue weighted by Gasteiger charge is -2.26. The lowest BCUT2D eigenvalue weighted by molar-refractivity contribution is 1.29. The third-order valence-electron chi connectivity index (χ3n) is 14.0. The van der Waals surface area contributed by atoms with Crippen molar-refractivity contribution in [2.24, 2.45) is 0 Å². The van der Waals surface area contributed by atoms with E-state index >= 15 is 0 Å². The summed E-state index contributed by atoms with van der Waals surface area (Å²) >= 11 is 0. The fourth-order valence-corrected chi connectivity index (χ4v) is 10.7. The Labute approximate surface area is 402 Å². The van der Waals surface area contributed by atoms with Gasteiger partial charge in [-0.2, -0.15) is 0 Å². The summed E-state index contributed by atoms with van der Waals surface area (Å²) in [6.45, 7) is 0. The van der Waals surface area contributed by atoms with Gasteiger partial charge in [0.25, 0.3) is 0 Å². The number of hydrogen-bond acceptors (Lipinski definition) is 1. The average Bonchev–Trinajstić information content (AvgIpc) is 3.43. The summed E-state index contributed by atoms with van der Waals surface area (Å²) in [5.74, 6) is 0. The van der Waals surface area contributed by atoms with E-state index in [0.29, 0.717) is 0 Å². The first kappa shape index (κ1) is 40.3. The standard InChI is InChI=1S/C68H45N/c1-3-16-52(17-4-1)67-65-24-12-11-23-63(65)64-42-36-54(45-66(64)68(67)53-18-5-2-6-19-53)48-34-39-57(40-35-48)69(58-41-43-62-55(44-58)31-30-50-15-8-10-22-60(50)62)56-37-32-47(33-38-56)46-26-28-51(29-27-46)61-25-13-20-49-14-7-9-21-59(49)61/h1-45H. The number of rotatable bonds is 8. The molecule has 0 fully saturated rings. The lowest BCUT2D eigenvalue weighted by Crippen LogP contribution is -2.09. The molecule has 0 saturated carbocycles. The molecule has 1 heteroatoms. The van der Waals surface area contributed by atoms with Crippen molar-refractivity contribution < 1.29 is 0 Å². The van der Waals surface area contributed by atoms with E-state index in [1.165, 1.54) is 109 Å². The molecule has 0 aromatic heterocycles. The van der Waals surface area contributed by atoms with Crippen LogP contribution in [0.2, 0.25) is 0 Å². The van der Waals surface area contributed by atoms with Gasteiger partial charge in [-0.1, -0.05) is 231 Å². The molecule has 13 rings (SSSR count). The van der Waals surface area contributed by atoms with Gasteiger partial charge in [-0.15, -0.1) is 0 Å². The number of anilines is 3. The molecule has 0 unspecified atom stereocenters. The van der Waals surface area contributed by atoms with Crippen molar-refractivity contribution in [3.8, 4) is 55.6 Å². The highest BCUT2D eigenvalue weighted by Gasteiger charge is 2.19. The van der Waals surface area contributed by atoms with E-state index in [4.69, 9.17) is 0 Å². The third kappa shape index (κ3) is 7.20. The Morgan fingerprint density at radius 3 is 1.28 bits per heavy atom. The topological polar surface area (TPSA) is 3.24 Å². The van der Waals surface area contributed by atoms with E-state index in [-0.39, 0.29) is 0 Å². The molecule has 0 heterocycles. The van der Waals surface area contributed by atoms with Gasteiger partial charge >= 0.3 is 0 Å². The molecule has 0 saturated heterocycles. The Balaban J connectivity index is 0.905. The summed E-state index contributed by atoms with van der Waals surface area (Å²) in [7, 11) is 0. The summed E-state index contributed by atoms with van der Waals surface area (Å²) in [6, 6.07) is 100.0. The molecule has 1 nitrogen and oxygen atoms in total. The minimum atomic E-state index is 1.09. The van der Waals surface area contributed by atoms with Gasteiger partial charge in [-0.25, -0.2) is 0 Å². The Morgan fingerprint density at radius 1 is 0.188 bits per heavy atom. The van der Waals surface area contributed by atoms with Crippen molar-refractivity contribution in [1.82, 2.24) is 0 Å². The highest BCUT2D eigenvalue weighted by atomic mass is 15.1. The van der Waals surface area contributed by atoms with Crippen LogP contribution in [-0.2, 0) is 0 Å². The molecule has 0 amide bonds. The largest absolute Gasteiger partial charge is 0.310 e. The molecule has 0 aliphatic rings. The predicted molar refractivity (Wildman–Crippen MR) is 296 cm³/mol. The molecule has 322 valence electrons. The smallest absolute Gasteiger partial charge is 0.0468 e. The molecule has 0 aliphatic heterocycles. The van der Waals surface area contributed by atoms with E-state index < -0.39 is 0 Å². The van der Waals surface area contributed by atoms with E-state index in [0.717, 1.165) is 17.1 Å². The summed E-state index contributed by atoms with van der Waals surface area (Å²) in [5, 5.41) is 12.5. The fourth-order valence-electron chi connectivity index (χ4n) is 10.7. The van der Waals surface area contributed by atoms with Gasteiger partial charge in [-0.3, -0.25) is 0 Å². The molecule has 0 aliphatic carbocycles. The summed E-state index contributed by atoms with van der Waals surface area (Å²) in [5.41, 5.74) is 15.4. The minimum Gasteiger partial charge on any atom is -0.310 e. The number of hydrogen-bond donors (Lipinski definition) is 0.